The van der Waals surface area contributed by atoms with E-state index in [4.69, 9.17) is 4.74 Å². The molecule has 6 nitrogen and oxygen atoms in total. The lowest BCUT2D eigenvalue weighted by Gasteiger charge is -2.16. The second-order valence-corrected chi connectivity index (χ2v) is 13.7. The Bertz CT molecular complexity index is 744. The van der Waals surface area contributed by atoms with Crippen molar-refractivity contribution in [2.45, 2.75) is 32.4 Å². The van der Waals surface area contributed by atoms with Gasteiger partial charge < -0.3 is 4.74 Å². The third-order valence-corrected chi connectivity index (χ3v) is 6.99. The fourth-order valence-corrected chi connectivity index (χ4v) is 3.53. The van der Waals surface area contributed by atoms with E-state index in [9.17, 15) is 10.1 Å². The van der Waals surface area contributed by atoms with Gasteiger partial charge in [-0.2, -0.15) is 0 Å². The second kappa shape index (κ2) is 7.90. The molecule has 0 unspecified atom stereocenters. The number of non-ortho nitro benzene ring substituents is 1. The Balaban J connectivity index is 2.23. The van der Waals surface area contributed by atoms with E-state index >= 15 is 0 Å². The first-order chi connectivity index (χ1) is 11.2. The Hall–Kier alpha value is -1.03. The smallest absolute Gasteiger partial charge is 0.270 e. The Kier molecular flexibility index (Phi) is 6.35. The molecule has 0 N–H and O–H groups in total. The van der Waals surface area contributed by atoms with Gasteiger partial charge in [-0.3, -0.25) is 14.7 Å². The first-order valence-corrected chi connectivity index (χ1v) is 12.7. The number of aromatic nitrogens is 2. The van der Waals surface area contributed by atoms with Gasteiger partial charge in [-0.05, 0) is 37.9 Å². The third kappa shape index (κ3) is 4.98. The molecule has 0 aliphatic rings. The zero-order chi connectivity index (χ0) is 17.9. The lowest BCUT2D eigenvalue weighted by Crippen LogP contribution is -2.22. The minimum Gasteiger partial charge on any atom is -0.361 e. The number of hydrogen-bond donors (Lipinski definition) is 0. The molecule has 0 bridgehead atoms. The van der Waals surface area contributed by atoms with E-state index in [-0.39, 0.29) is 5.69 Å². The molecular weight excluding hydrogens is 458 g/mol. The average molecular weight is 477 g/mol. The summed E-state index contributed by atoms with van der Waals surface area (Å²) in [5.74, 6) is 0.616. The monoisotopic (exact) mass is 475 g/mol. The maximum Gasteiger partial charge on any atom is 0.270 e. The van der Waals surface area contributed by atoms with Gasteiger partial charge >= 0.3 is 0 Å². The Morgan fingerprint density at radius 3 is 2.67 bits per heavy atom. The molecule has 0 atom stereocenters. The van der Waals surface area contributed by atoms with Gasteiger partial charge in [-0.15, -0.1) is 0 Å². The van der Waals surface area contributed by atoms with Gasteiger partial charge in [0, 0.05) is 32.4 Å². The van der Waals surface area contributed by atoms with Crippen molar-refractivity contribution < 1.29 is 9.66 Å². The van der Waals surface area contributed by atoms with Crippen LogP contribution >= 0.6 is 31.9 Å². The van der Waals surface area contributed by atoms with Crippen LogP contribution < -0.4 is 0 Å². The Labute approximate surface area is 158 Å². The number of nitro benzene ring substituents is 1. The highest BCUT2D eigenvalue weighted by atomic mass is 79.9. The van der Waals surface area contributed by atoms with Gasteiger partial charge in [-0.1, -0.05) is 31.8 Å². The van der Waals surface area contributed by atoms with Crippen LogP contribution in [0, 0.1) is 10.1 Å². The number of imidazole rings is 1. The molecule has 2 rings (SSSR count). The molecular formula is C15H19Br2N3O3Si. The SMILES string of the molecule is C[Si](C)(C)CCOCn1c(-c2cccc([N+](=O)[O-])c2)nc(Br)c1Br. The highest BCUT2D eigenvalue weighted by molar-refractivity contribution is 9.13. The molecule has 0 aliphatic carbocycles. The van der Waals surface area contributed by atoms with Crippen LogP contribution in [0.1, 0.15) is 0 Å². The summed E-state index contributed by atoms with van der Waals surface area (Å²) in [6.45, 7) is 7.92. The Morgan fingerprint density at radius 2 is 2.04 bits per heavy atom. The maximum absolute atomic E-state index is 11.0. The van der Waals surface area contributed by atoms with E-state index in [2.05, 4.69) is 56.5 Å². The van der Waals surface area contributed by atoms with Crippen LogP contribution in [0.3, 0.4) is 0 Å². The molecule has 0 radical (unpaired) electrons. The Morgan fingerprint density at radius 1 is 1.33 bits per heavy atom. The van der Waals surface area contributed by atoms with Gasteiger partial charge in [0.25, 0.3) is 5.69 Å². The van der Waals surface area contributed by atoms with Crippen LogP contribution in [-0.4, -0.2) is 29.2 Å². The van der Waals surface area contributed by atoms with Crippen molar-refractivity contribution in [1.82, 2.24) is 9.55 Å². The number of halogens is 2. The number of ether oxygens (including phenoxy) is 1. The van der Waals surface area contributed by atoms with Crippen LogP contribution in [0.4, 0.5) is 5.69 Å². The predicted molar refractivity (Wildman–Crippen MR) is 104 cm³/mol. The zero-order valence-corrected chi connectivity index (χ0v) is 17.9. The molecule has 2 aromatic rings. The van der Waals surface area contributed by atoms with Crippen molar-refractivity contribution >= 4 is 45.6 Å². The lowest BCUT2D eigenvalue weighted by atomic mass is 10.2. The second-order valence-electron chi connectivity index (χ2n) is 6.60. The summed E-state index contributed by atoms with van der Waals surface area (Å²) in [5, 5.41) is 11.0. The van der Waals surface area contributed by atoms with Crippen molar-refractivity contribution in [3.63, 3.8) is 0 Å². The van der Waals surface area contributed by atoms with E-state index in [0.29, 0.717) is 29.3 Å². The number of benzene rings is 1. The third-order valence-electron chi connectivity index (χ3n) is 3.40. The van der Waals surface area contributed by atoms with E-state index in [1.54, 1.807) is 12.1 Å². The minimum atomic E-state index is -1.15. The summed E-state index contributed by atoms with van der Waals surface area (Å²) in [4.78, 5) is 15.0. The average Bonchev–Trinajstić information content (AvgIpc) is 2.78. The van der Waals surface area contributed by atoms with Crippen LogP contribution in [0.2, 0.25) is 25.7 Å². The largest absolute Gasteiger partial charge is 0.361 e. The summed E-state index contributed by atoms with van der Waals surface area (Å²) < 4.78 is 9.04. The molecule has 0 fully saturated rings. The van der Waals surface area contributed by atoms with Crippen LogP contribution in [0.25, 0.3) is 11.4 Å². The van der Waals surface area contributed by atoms with Gasteiger partial charge in [0.05, 0.1) is 4.92 Å². The summed E-state index contributed by atoms with van der Waals surface area (Å²) in [6, 6.07) is 7.50. The zero-order valence-electron chi connectivity index (χ0n) is 13.8. The molecule has 130 valence electrons. The fraction of sp³-hybridized carbons (Fsp3) is 0.400. The normalized spacial score (nSPS) is 11.7. The van der Waals surface area contributed by atoms with Crippen molar-refractivity contribution in [3.8, 4) is 11.4 Å². The quantitative estimate of drug-likeness (QED) is 0.235. The standard InChI is InChI=1S/C15H19Br2N3O3Si/c1-24(2,3)8-7-23-10-19-14(17)13(16)18-15(19)11-5-4-6-12(9-11)20(21)22/h4-6,9H,7-8,10H2,1-3H3. The van der Waals surface area contributed by atoms with Gasteiger partial charge in [-0.25, -0.2) is 4.98 Å². The van der Waals surface area contributed by atoms with Crippen LogP contribution in [0.15, 0.2) is 33.5 Å². The highest BCUT2D eigenvalue weighted by Crippen LogP contribution is 2.31. The molecule has 0 amide bonds. The van der Waals surface area contributed by atoms with E-state index in [1.165, 1.54) is 12.1 Å². The molecule has 0 aliphatic heterocycles. The predicted octanol–water partition coefficient (Wildman–Crippen LogP) is 5.30. The summed E-state index contributed by atoms with van der Waals surface area (Å²) in [5.41, 5.74) is 0.707. The molecule has 1 aromatic heterocycles. The van der Waals surface area contributed by atoms with Crippen molar-refractivity contribution in [2.24, 2.45) is 0 Å². The molecule has 1 heterocycles. The fourth-order valence-electron chi connectivity index (χ4n) is 2.03. The summed E-state index contributed by atoms with van der Waals surface area (Å²) in [6.07, 6.45) is 0. The molecule has 0 saturated heterocycles. The van der Waals surface area contributed by atoms with Crippen molar-refractivity contribution in [1.29, 1.82) is 0 Å². The topological polar surface area (TPSA) is 70.2 Å². The van der Waals surface area contributed by atoms with Crippen LogP contribution in [-0.2, 0) is 11.5 Å². The van der Waals surface area contributed by atoms with Crippen molar-refractivity contribution in [3.05, 3.63) is 43.6 Å². The number of hydrogen-bond acceptors (Lipinski definition) is 4. The molecule has 24 heavy (non-hydrogen) atoms. The van der Waals surface area contributed by atoms with E-state index in [1.807, 2.05) is 4.57 Å². The van der Waals surface area contributed by atoms with Crippen LogP contribution in [0.5, 0.6) is 0 Å². The molecule has 9 heteroatoms. The van der Waals surface area contributed by atoms with Gasteiger partial charge in [0.15, 0.2) is 0 Å². The lowest BCUT2D eigenvalue weighted by molar-refractivity contribution is -0.384. The molecule has 1 aromatic carbocycles. The minimum absolute atomic E-state index is 0.0361. The van der Waals surface area contributed by atoms with E-state index in [0.717, 1.165) is 10.6 Å². The summed E-state index contributed by atoms with van der Waals surface area (Å²) >= 11 is 6.88. The van der Waals surface area contributed by atoms with Gasteiger partial charge in [0.1, 0.15) is 21.8 Å². The highest BCUT2D eigenvalue weighted by Gasteiger charge is 2.18. The number of nitro groups is 1. The first-order valence-electron chi connectivity index (χ1n) is 7.43. The van der Waals surface area contributed by atoms with Gasteiger partial charge in [0.2, 0.25) is 0 Å². The van der Waals surface area contributed by atoms with E-state index < -0.39 is 13.0 Å². The number of rotatable bonds is 7. The number of nitrogens with zero attached hydrogens (tertiary/aromatic N) is 3. The summed E-state index contributed by atoms with van der Waals surface area (Å²) in [7, 11) is -1.15. The first kappa shape index (κ1) is 19.3. The van der Waals surface area contributed by atoms with Crippen molar-refractivity contribution in [2.75, 3.05) is 6.61 Å². The maximum atomic E-state index is 11.0. The molecule has 0 spiro atoms. The molecule has 0 saturated carbocycles.